The number of fused-ring (bicyclic) bond motifs is 1. The van der Waals surface area contributed by atoms with Gasteiger partial charge in [0.25, 0.3) is 0 Å². The van der Waals surface area contributed by atoms with Crippen molar-refractivity contribution in [3.63, 3.8) is 0 Å². The topological polar surface area (TPSA) is 17.8 Å². The zero-order chi connectivity index (χ0) is 11.9. The summed E-state index contributed by atoms with van der Waals surface area (Å²) < 4.78 is 2.35. The largest absolute Gasteiger partial charge is 0.324 e. The maximum Gasteiger partial charge on any atom is 0.140 e. The standard InChI is InChI=1S/C14H20N2/c1-10(2)12-9-11-7-6-8-15-13(11)16(12)14(3,4)5/h6-10H,1-5H3. The van der Waals surface area contributed by atoms with E-state index in [1.54, 1.807) is 0 Å². The molecule has 0 atom stereocenters. The van der Waals surface area contributed by atoms with Gasteiger partial charge in [0.2, 0.25) is 0 Å². The van der Waals surface area contributed by atoms with E-state index in [4.69, 9.17) is 0 Å². The van der Waals surface area contributed by atoms with Gasteiger partial charge in [-0.2, -0.15) is 0 Å². The van der Waals surface area contributed by atoms with Crippen LogP contribution in [0.1, 0.15) is 46.2 Å². The molecule has 0 unspecified atom stereocenters. The van der Waals surface area contributed by atoms with Crippen molar-refractivity contribution >= 4 is 11.0 Å². The average Bonchev–Trinajstić information content (AvgIpc) is 2.55. The van der Waals surface area contributed by atoms with Crippen molar-refractivity contribution in [2.45, 2.75) is 46.1 Å². The Balaban J connectivity index is 2.80. The summed E-state index contributed by atoms with van der Waals surface area (Å²) in [7, 11) is 0. The highest BCUT2D eigenvalue weighted by Gasteiger charge is 2.21. The van der Waals surface area contributed by atoms with Crippen molar-refractivity contribution in [1.29, 1.82) is 0 Å². The fraction of sp³-hybridized carbons (Fsp3) is 0.500. The van der Waals surface area contributed by atoms with Crippen molar-refractivity contribution in [2.75, 3.05) is 0 Å². The molecular weight excluding hydrogens is 196 g/mol. The summed E-state index contributed by atoms with van der Waals surface area (Å²) in [6, 6.07) is 6.40. The lowest BCUT2D eigenvalue weighted by molar-refractivity contribution is 0.391. The zero-order valence-corrected chi connectivity index (χ0v) is 10.8. The first-order chi connectivity index (χ1) is 7.41. The van der Waals surface area contributed by atoms with E-state index in [0.29, 0.717) is 5.92 Å². The molecular formula is C14H20N2. The van der Waals surface area contributed by atoms with Crippen LogP contribution in [-0.2, 0) is 5.54 Å². The van der Waals surface area contributed by atoms with E-state index in [-0.39, 0.29) is 5.54 Å². The van der Waals surface area contributed by atoms with Crippen LogP contribution >= 0.6 is 0 Å². The fourth-order valence-electron chi connectivity index (χ4n) is 2.18. The molecule has 16 heavy (non-hydrogen) atoms. The first-order valence-electron chi connectivity index (χ1n) is 5.88. The number of hydrogen-bond acceptors (Lipinski definition) is 1. The lowest BCUT2D eigenvalue weighted by Gasteiger charge is -2.26. The van der Waals surface area contributed by atoms with Crippen LogP contribution in [0.15, 0.2) is 24.4 Å². The minimum atomic E-state index is 0.0791. The number of pyridine rings is 1. The van der Waals surface area contributed by atoms with E-state index in [1.165, 1.54) is 11.1 Å². The maximum atomic E-state index is 4.51. The Labute approximate surface area is 97.3 Å². The average molecular weight is 216 g/mol. The SMILES string of the molecule is CC(C)c1cc2cccnc2n1C(C)(C)C. The highest BCUT2D eigenvalue weighted by Crippen LogP contribution is 2.30. The van der Waals surface area contributed by atoms with Gasteiger partial charge in [-0.05, 0) is 44.9 Å². The molecule has 2 aromatic heterocycles. The predicted molar refractivity (Wildman–Crippen MR) is 68.8 cm³/mol. The highest BCUT2D eigenvalue weighted by molar-refractivity contribution is 5.77. The van der Waals surface area contributed by atoms with Crippen LogP contribution in [0.4, 0.5) is 0 Å². The van der Waals surface area contributed by atoms with Gasteiger partial charge in [0.05, 0.1) is 0 Å². The molecule has 0 aliphatic carbocycles. The number of hydrogen-bond donors (Lipinski definition) is 0. The van der Waals surface area contributed by atoms with E-state index in [0.717, 1.165) is 5.65 Å². The van der Waals surface area contributed by atoms with Gasteiger partial charge in [0.1, 0.15) is 5.65 Å². The molecule has 86 valence electrons. The molecule has 2 heterocycles. The summed E-state index contributed by atoms with van der Waals surface area (Å²) in [5.74, 6) is 0.522. The smallest absolute Gasteiger partial charge is 0.140 e. The Morgan fingerprint density at radius 1 is 1.25 bits per heavy atom. The second kappa shape index (κ2) is 3.62. The van der Waals surface area contributed by atoms with Crippen molar-refractivity contribution in [2.24, 2.45) is 0 Å². The van der Waals surface area contributed by atoms with Crippen LogP contribution in [0, 0.1) is 0 Å². The molecule has 2 nitrogen and oxygen atoms in total. The summed E-state index contributed by atoms with van der Waals surface area (Å²) in [5, 5.41) is 1.24. The van der Waals surface area contributed by atoms with E-state index >= 15 is 0 Å². The third kappa shape index (κ3) is 1.73. The van der Waals surface area contributed by atoms with Gasteiger partial charge in [0, 0.05) is 22.8 Å². The number of rotatable bonds is 1. The Bertz CT molecular complexity index is 501. The third-order valence-corrected chi connectivity index (χ3v) is 2.85. The van der Waals surface area contributed by atoms with E-state index in [2.05, 4.69) is 56.3 Å². The Morgan fingerprint density at radius 3 is 2.50 bits per heavy atom. The van der Waals surface area contributed by atoms with Crippen LogP contribution in [0.3, 0.4) is 0 Å². The Morgan fingerprint density at radius 2 is 1.94 bits per heavy atom. The molecule has 0 saturated carbocycles. The molecule has 0 spiro atoms. The third-order valence-electron chi connectivity index (χ3n) is 2.85. The number of nitrogens with zero attached hydrogens (tertiary/aromatic N) is 2. The van der Waals surface area contributed by atoms with Gasteiger partial charge < -0.3 is 4.57 Å². The molecule has 0 radical (unpaired) electrons. The van der Waals surface area contributed by atoms with Gasteiger partial charge >= 0.3 is 0 Å². The summed E-state index contributed by atoms with van der Waals surface area (Å²) in [6.07, 6.45) is 1.87. The molecule has 0 amide bonds. The first-order valence-corrected chi connectivity index (χ1v) is 5.88. The molecule has 0 fully saturated rings. The maximum absolute atomic E-state index is 4.51. The molecule has 0 bridgehead atoms. The van der Waals surface area contributed by atoms with E-state index in [1.807, 2.05) is 12.3 Å². The normalized spacial score (nSPS) is 12.6. The van der Waals surface area contributed by atoms with Gasteiger partial charge in [-0.15, -0.1) is 0 Å². The Kier molecular flexibility index (Phi) is 2.53. The molecule has 0 aliphatic rings. The Hall–Kier alpha value is -1.31. The molecule has 2 rings (SSSR count). The van der Waals surface area contributed by atoms with Crippen molar-refractivity contribution in [3.8, 4) is 0 Å². The summed E-state index contributed by atoms with van der Waals surface area (Å²) in [4.78, 5) is 4.51. The van der Waals surface area contributed by atoms with Gasteiger partial charge in [-0.3, -0.25) is 0 Å². The first kappa shape index (κ1) is 11.2. The van der Waals surface area contributed by atoms with E-state index < -0.39 is 0 Å². The minimum Gasteiger partial charge on any atom is -0.324 e. The van der Waals surface area contributed by atoms with Crippen LogP contribution in [-0.4, -0.2) is 9.55 Å². The van der Waals surface area contributed by atoms with Gasteiger partial charge in [0.15, 0.2) is 0 Å². The molecule has 0 N–H and O–H groups in total. The quantitative estimate of drug-likeness (QED) is 0.706. The predicted octanol–water partition coefficient (Wildman–Crippen LogP) is 3.91. The van der Waals surface area contributed by atoms with Crippen LogP contribution in [0.5, 0.6) is 0 Å². The van der Waals surface area contributed by atoms with Crippen molar-refractivity contribution < 1.29 is 0 Å². The lowest BCUT2D eigenvalue weighted by atomic mass is 10.1. The fourth-order valence-corrected chi connectivity index (χ4v) is 2.18. The van der Waals surface area contributed by atoms with Crippen LogP contribution < -0.4 is 0 Å². The van der Waals surface area contributed by atoms with Crippen LogP contribution in [0.25, 0.3) is 11.0 Å². The number of aromatic nitrogens is 2. The highest BCUT2D eigenvalue weighted by atomic mass is 15.1. The second-order valence-corrected chi connectivity index (χ2v) is 5.65. The van der Waals surface area contributed by atoms with Crippen molar-refractivity contribution in [3.05, 3.63) is 30.1 Å². The van der Waals surface area contributed by atoms with Crippen molar-refractivity contribution in [1.82, 2.24) is 9.55 Å². The monoisotopic (exact) mass is 216 g/mol. The van der Waals surface area contributed by atoms with Gasteiger partial charge in [-0.25, -0.2) is 4.98 Å². The molecule has 2 heteroatoms. The summed E-state index contributed by atoms with van der Waals surface area (Å²) in [6.45, 7) is 11.2. The lowest BCUT2D eigenvalue weighted by Crippen LogP contribution is -2.24. The van der Waals surface area contributed by atoms with Crippen LogP contribution in [0.2, 0.25) is 0 Å². The molecule has 0 aromatic carbocycles. The zero-order valence-electron chi connectivity index (χ0n) is 10.8. The van der Waals surface area contributed by atoms with E-state index in [9.17, 15) is 0 Å². The van der Waals surface area contributed by atoms with Gasteiger partial charge in [-0.1, -0.05) is 13.8 Å². The summed E-state index contributed by atoms with van der Waals surface area (Å²) in [5.41, 5.74) is 2.54. The molecule has 2 aromatic rings. The second-order valence-electron chi connectivity index (χ2n) is 5.65. The minimum absolute atomic E-state index is 0.0791. The molecule has 0 aliphatic heterocycles. The summed E-state index contributed by atoms with van der Waals surface area (Å²) >= 11 is 0. The molecule has 0 saturated heterocycles.